The summed E-state index contributed by atoms with van der Waals surface area (Å²) in [6.45, 7) is 9.84. The highest BCUT2D eigenvalue weighted by atomic mass is 16.2. The SMILES string of the molecule is C=CC#N.C=CC=C.O=C1C=CC(=O)N1.O=C1C=CC(=O)N1. The third-order valence-corrected chi connectivity index (χ3v) is 1.52. The average Bonchev–Trinajstić information content (AvgIpc) is 3.07. The summed E-state index contributed by atoms with van der Waals surface area (Å²) < 4.78 is 0. The van der Waals surface area contributed by atoms with Crippen molar-refractivity contribution >= 4 is 23.6 Å². The van der Waals surface area contributed by atoms with Gasteiger partial charge < -0.3 is 0 Å². The summed E-state index contributed by atoms with van der Waals surface area (Å²) in [5.74, 6) is -1.31. The molecule has 0 fully saturated rings. The first-order valence-corrected chi connectivity index (χ1v) is 5.71. The zero-order chi connectivity index (χ0) is 17.4. The van der Waals surface area contributed by atoms with Gasteiger partial charge in [0.2, 0.25) is 0 Å². The third-order valence-electron chi connectivity index (χ3n) is 1.52. The molecule has 0 aromatic heterocycles. The maximum Gasteiger partial charge on any atom is 0.250 e. The summed E-state index contributed by atoms with van der Waals surface area (Å²) >= 11 is 0. The van der Waals surface area contributed by atoms with Gasteiger partial charge in [-0.2, -0.15) is 5.26 Å². The zero-order valence-electron chi connectivity index (χ0n) is 11.7. The van der Waals surface area contributed by atoms with Crippen molar-refractivity contribution in [2.24, 2.45) is 0 Å². The second-order valence-electron chi connectivity index (χ2n) is 3.18. The van der Waals surface area contributed by atoms with E-state index in [4.69, 9.17) is 5.26 Å². The summed E-state index contributed by atoms with van der Waals surface area (Å²) in [4.78, 5) is 40.1. The first kappa shape index (κ1) is 20.8. The molecule has 2 N–H and O–H groups in total. The van der Waals surface area contributed by atoms with Gasteiger partial charge in [0.25, 0.3) is 23.6 Å². The van der Waals surface area contributed by atoms with Crippen LogP contribution in [0.25, 0.3) is 0 Å². The van der Waals surface area contributed by atoms with Gasteiger partial charge in [0.1, 0.15) is 0 Å². The monoisotopic (exact) mass is 301 g/mol. The van der Waals surface area contributed by atoms with E-state index in [2.05, 4.69) is 19.7 Å². The van der Waals surface area contributed by atoms with E-state index in [1.165, 1.54) is 30.4 Å². The molecule has 114 valence electrons. The van der Waals surface area contributed by atoms with E-state index in [1.807, 2.05) is 10.6 Å². The number of nitrogens with one attached hydrogen (secondary N) is 2. The maximum absolute atomic E-state index is 10.0. The minimum atomic E-state index is -0.329. The Labute approximate surface area is 128 Å². The highest BCUT2D eigenvalue weighted by molar-refractivity contribution is 6.13. The highest BCUT2D eigenvalue weighted by Crippen LogP contribution is 1.83. The number of nitrogens with zero attached hydrogens (tertiary/aromatic N) is 1. The summed E-state index contributed by atoms with van der Waals surface area (Å²) in [6, 6.07) is 1.69. The topological polar surface area (TPSA) is 116 Å². The molecule has 0 saturated carbocycles. The molecule has 7 heteroatoms. The van der Waals surface area contributed by atoms with Crippen LogP contribution in [0.1, 0.15) is 0 Å². The summed E-state index contributed by atoms with van der Waals surface area (Å²) in [7, 11) is 0. The van der Waals surface area contributed by atoms with Crippen molar-refractivity contribution in [2.45, 2.75) is 0 Å². The molecule has 22 heavy (non-hydrogen) atoms. The van der Waals surface area contributed by atoms with Crippen LogP contribution in [-0.4, -0.2) is 23.6 Å². The van der Waals surface area contributed by atoms with Crippen molar-refractivity contribution in [2.75, 3.05) is 0 Å². The van der Waals surface area contributed by atoms with E-state index in [0.717, 1.165) is 0 Å². The van der Waals surface area contributed by atoms with Crippen LogP contribution in [0.15, 0.2) is 62.3 Å². The lowest BCUT2D eigenvalue weighted by Crippen LogP contribution is -2.19. The summed E-state index contributed by atoms with van der Waals surface area (Å²) in [5.41, 5.74) is 0. The molecule has 7 nitrogen and oxygen atoms in total. The molecule has 0 aromatic carbocycles. The third kappa shape index (κ3) is 14.5. The van der Waals surface area contributed by atoms with Crippen molar-refractivity contribution in [1.82, 2.24) is 10.6 Å². The Balaban J connectivity index is 0. The van der Waals surface area contributed by atoms with Gasteiger partial charge in [0.15, 0.2) is 0 Å². The number of hydrogen-bond acceptors (Lipinski definition) is 5. The van der Waals surface area contributed by atoms with Crippen LogP contribution in [0, 0.1) is 11.3 Å². The Morgan fingerprint density at radius 2 is 1.00 bits per heavy atom. The Bertz CT molecular complexity index is 492. The maximum atomic E-state index is 10.0. The van der Waals surface area contributed by atoms with Crippen molar-refractivity contribution in [3.8, 4) is 6.07 Å². The van der Waals surface area contributed by atoms with Crippen LogP contribution in [0.3, 0.4) is 0 Å². The Kier molecular flexibility index (Phi) is 13.1. The molecule has 0 aliphatic carbocycles. The van der Waals surface area contributed by atoms with Crippen molar-refractivity contribution in [1.29, 1.82) is 5.26 Å². The van der Waals surface area contributed by atoms with Crippen molar-refractivity contribution < 1.29 is 19.2 Å². The lowest BCUT2D eigenvalue weighted by atomic mass is 10.6. The van der Waals surface area contributed by atoms with E-state index in [0.29, 0.717) is 0 Å². The molecule has 4 amide bonds. The minimum absolute atomic E-state index is 0.329. The van der Waals surface area contributed by atoms with E-state index in [9.17, 15) is 19.2 Å². The van der Waals surface area contributed by atoms with Gasteiger partial charge in [-0.25, -0.2) is 0 Å². The molecule has 0 saturated heterocycles. The van der Waals surface area contributed by atoms with Gasteiger partial charge in [-0.15, -0.1) is 0 Å². The predicted molar refractivity (Wildman–Crippen MR) is 80.8 cm³/mol. The Hall–Kier alpha value is -3.53. The normalized spacial score (nSPS) is 12.9. The number of hydrogen-bond donors (Lipinski definition) is 2. The second-order valence-corrected chi connectivity index (χ2v) is 3.18. The molecular weight excluding hydrogens is 286 g/mol. The molecule has 2 heterocycles. The largest absolute Gasteiger partial charge is 0.289 e. The van der Waals surface area contributed by atoms with Crippen LogP contribution in [-0.2, 0) is 19.2 Å². The van der Waals surface area contributed by atoms with Crippen LogP contribution in [0.5, 0.6) is 0 Å². The molecule has 0 unspecified atom stereocenters. The molecule has 0 aromatic rings. The quantitative estimate of drug-likeness (QED) is 0.414. The number of nitriles is 1. The second kappa shape index (κ2) is 13.9. The van der Waals surface area contributed by atoms with Gasteiger partial charge in [0.05, 0.1) is 6.07 Å². The highest BCUT2D eigenvalue weighted by Gasteiger charge is 2.07. The first-order valence-electron chi connectivity index (χ1n) is 5.71. The lowest BCUT2D eigenvalue weighted by Gasteiger charge is -1.80. The van der Waals surface area contributed by atoms with Gasteiger partial charge in [-0.1, -0.05) is 31.9 Å². The molecule has 0 atom stereocenters. The summed E-state index contributed by atoms with van der Waals surface area (Å²) in [5, 5.41) is 11.6. The summed E-state index contributed by atoms with van der Waals surface area (Å²) in [6.07, 6.45) is 9.25. The fourth-order valence-electron chi connectivity index (χ4n) is 0.712. The van der Waals surface area contributed by atoms with Crippen LogP contribution < -0.4 is 10.6 Å². The van der Waals surface area contributed by atoms with E-state index in [1.54, 1.807) is 18.2 Å². The van der Waals surface area contributed by atoms with Gasteiger partial charge >= 0.3 is 0 Å². The van der Waals surface area contributed by atoms with E-state index >= 15 is 0 Å². The van der Waals surface area contributed by atoms with Gasteiger partial charge in [-0.3, -0.25) is 29.8 Å². The molecule has 2 rings (SSSR count). The van der Waals surface area contributed by atoms with E-state index in [-0.39, 0.29) is 23.6 Å². The predicted octanol–water partition coefficient (Wildman–Crippen LogP) is 0.452. The molecule has 0 bridgehead atoms. The number of allylic oxidation sites excluding steroid dienone is 3. The van der Waals surface area contributed by atoms with Crippen LogP contribution in [0.2, 0.25) is 0 Å². The Morgan fingerprint density at radius 1 is 0.773 bits per heavy atom. The molecule has 2 aliphatic heterocycles. The van der Waals surface area contributed by atoms with Crippen molar-refractivity contribution in [3.63, 3.8) is 0 Å². The number of amides is 4. The van der Waals surface area contributed by atoms with E-state index < -0.39 is 0 Å². The first-order chi connectivity index (χ1) is 10.4. The van der Waals surface area contributed by atoms with Crippen LogP contribution in [0.4, 0.5) is 0 Å². The zero-order valence-corrected chi connectivity index (χ0v) is 11.7. The molecule has 0 radical (unpaired) electrons. The fraction of sp³-hybridized carbons (Fsp3) is 0. The Morgan fingerprint density at radius 3 is 1.05 bits per heavy atom. The lowest BCUT2D eigenvalue weighted by molar-refractivity contribution is -0.125. The standard InChI is InChI=1S/2C4H3NO2.C4H6.C3H3N/c2*6-3-1-2-4(7)5-3;1-3-4-2;1-2-3-4/h2*1-2H,(H,5,6,7);3-4H,1-2H2;2H,1H2. The molecular formula is C15H15N3O4. The number of imide groups is 2. The smallest absolute Gasteiger partial charge is 0.250 e. The number of carbonyl (C=O) groups excluding carboxylic acids is 4. The van der Waals surface area contributed by atoms with Crippen LogP contribution >= 0.6 is 0 Å². The molecule has 0 spiro atoms. The molecule has 2 aliphatic rings. The fourth-order valence-corrected chi connectivity index (χ4v) is 0.712. The minimum Gasteiger partial charge on any atom is -0.289 e. The number of carbonyl (C=O) groups is 4. The van der Waals surface area contributed by atoms with Gasteiger partial charge in [0, 0.05) is 30.4 Å². The van der Waals surface area contributed by atoms with Crippen molar-refractivity contribution in [3.05, 3.63) is 62.3 Å². The van der Waals surface area contributed by atoms with Gasteiger partial charge in [-0.05, 0) is 0 Å². The number of rotatable bonds is 1. The average molecular weight is 301 g/mol.